The predicted molar refractivity (Wildman–Crippen MR) is 125 cm³/mol. The lowest BCUT2D eigenvalue weighted by molar-refractivity contribution is -0.140. The van der Waals surface area contributed by atoms with E-state index in [1.54, 1.807) is 24.3 Å². The van der Waals surface area contributed by atoms with Gasteiger partial charge in [0, 0.05) is 5.56 Å². The van der Waals surface area contributed by atoms with Crippen molar-refractivity contribution in [3.8, 4) is 5.75 Å². The van der Waals surface area contributed by atoms with Crippen LogP contribution in [-0.2, 0) is 16.1 Å². The molecule has 6 nitrogen and oxygen atoms in total. The van der Waals surface area contributed by atoms with E-state index in [9.17, 15) is 14.7 Å². The normalized spacial score (nSPS) is 17.7. The number of nitrogens with zero attached hydrogens (tertiary/aromatic N) is 1. The number of aliphatic hydroxyl groups is 1. The lowest BCUT2D eigenvalue weighted by atomic mass is 9.93. The van der Waals surface area contributed by atoms with Crippen molar-refractivity contribution < 1.29 is 23.8 Å². The number of furan rings is 1. The molecule has 3 aromatic rings. The van der Waals surface area contributed by atoms with Gasteiger partial charge in [0.2, 0.25) is 0 Å². The molecule has 0 bridgehead atoms. The van der Waals surface area contributed by atoms with Crippen molar-refractivity contribution in [3.63, 3.8) is 0 Å². The summed E-state index contributed by atoms with van der Waals surface area (Å²) in [5.74, 6) is -0.456. The van der Waals surface area contributed by atoms with E-state index in [0.717, 1.165) is 5.56 Å². The van der Waals surface area contributed by atoms with Crippen molar-refractivity contribution in [2.45, 2.75) is 32.4 Å². The minimum Gasteiger partial charge on any atom is -0.507 e. The molecule has 33 heavy (non-hydrogen) atoms. The first-order valence-electron chi connectivity index (χ1n) is 10.6. The second-order valence-electron chi connectivity index (χ2n) is 8.18. The maximum absolute atomic E-state index is 13.1. The molecule has 1 N–H and O–H groups in total. The van der Waals surface area contributed by atoms with Crippen LogP contribution in [0.1, 0.15) is 48.3 Å². The SMILES string of the molecule is COc1ccc(/C(O)=C2/C(=O)C(=O)N(Cc3ccco3)C2c2ccc(C(C)C)cc2)cc1Cl. The van der Waals surface area contributed by atoms with Gasteiger partial charge in [-0.2, -0.15) is 0 Å². The fourth-order valence-corrected chi connectivity index (χ4v) is 4.25. The quantitative estimate of drug-likeness (QED) is 0.287. The Hall–Kier alpha value is -3.51. The Bertz CT molecular complexity index is 1210. The van der Waals surface area contributed by atoms with Gasteiger partial charge in [0.25, 0.3) is 11.7 Å². The first-order valence-corrected chi connectivity index (χ1v) is 10.9. The van der Waals surface area contributed by atoms with Crippen molar-refractivity contribution in [3.05, 3.63) is 93.9 Å². The summed E-state index contributed by atoms with van der Waals surface area (Å²) in [4.78, 5) is 27.6. The van der Waals surface area contributed by atoms with Crippen molar-refractivity contribution in [1.29, 1.82) is 0 Å². The molecule has 1 saturated heterocycles. The topological polar surface area (TPSA) is 80.0 Å². The largest absolute Gasteiger partial charge is 0.507 e. The molecule has 1 aromatic heterocycles. The first-order chi connectivity index (χ1) is 15.8. The number of methoxy groups -OCH3 is 1. The van der Waals surface area contributed by atoms with Gasteiger partial charge in [-0.15, -0.1) is 0 Å². The minimum absolute atomic E-state index is 0.00471. The Morgan fingerprint density at radius 1 is 1.15 bits per heavy atom. The van der Waals surface area contributed by atoms with E-state index in [1.165, 1.54) is 24.3 Å². The summed E-state index contributed by atoms with van der Waals surface area (Å²) >= 11 is 6.24. The lowest BCUT2D eigenvalue weighted by Crippen LogP contribution is -2.29. The van der Waals surface area contributed by atoms with E-state index in [0.29, 0.717) is 28.6 Å². The molecule has 0 aliphatic carbocycles. The number of carbonyl (C=O) groups is 2. The van der Waals surface area contributed by atoms with Gasteiger partial charge in [-0.1, -0.05) is 49.7 Å². The number of hydrogen-bond donors (Lipinski definition) is 1. The Morgan fingerprint density at radius 2 is 1.88 bits per heavy atom. The lowest BCUT2D eigenvalue weighted by Gasteiger charge is -2.25. The number of carbonyl (C=O) groups excluding carboxylic acids is 2. The van der Waals surface area contributed by atoms with Crippen molar-refractivity contribution in [2.75, 3.05) is 7.11 Å². The van der Waals surface area contributed by atoms with Gasteiger partial charge in [0.1, 0.15) is 17.3 Å². The average molecular weight is 466 g/mol. The number of aliphatic hydroxyl groups excluding tert-OH is 1. The van der Waals surface area contributed by atoms with Gasteiger partial charge in [-0.3, -0.25) is 9.59 Å². The third-order valence-corrected chi connectivity index (χ3v) is 6.09. The van der Waals surface area contributed by atoms with Crippen LogP contribution in [0.15, 0.2) is 70.9 Å². The molecule has 1 aliphatic heterocycles. The number of halogens is 1. The highest BCUT2D eigenvalue weighted by molar-refractivity contribution is 6.46. The van der Waals surface area contributed by atoms with Gasteiger partial charge in [-0.25, -0.2) is 0 Å². The van der Waals surface area contributed by atoms with Crippen molar-refractivity contribution in [1.82, 2.24) is 4.90 Å². The van der Waals surface area contributed by atoms with E-state index < -0.39 is 17.7 Å². The summed E-state index contributed by atoms with van der Waals surface area (Å²) in [7, 11) is 1.49. The molecule has 1 amide bonds. The van der Waals surface area contributed by atoms with Crippen LogP contribution in [0.2, 0.25) is 5.02 Å². The van der Waals surface area contributed by atoms with Gasteiger partial charge < -0.3 is 19.2 Å². The van der Waals surface area contributed by atoms with E-state index in [2.05, 4.69) is 13.8 Å². The summed E-state index contributed by atoms with van der Waals surface area (Å²) in [5.41, 5.74) is 2.17. The zero-order valence-electron chi connectivity index (χ0n) is 18.5. The second-order valence-corrected chi connectivity index (χ2v) is 8.58. The summed E-state index contributed by atoms with van der Waals surface area (Å²) < 4.78 is 10.6. The molecule has 1 aliphatic rings. The van der Waals surface area contributed by atoms with Gasteiger partial charge in [0.05, 0.1) is 36.6 Å². The highest BCUT2D eigenvalue weighted by Crippen LogP contribution is 2.41. The molecule has 1 atom stereocenters. The molecule has 170 valence electrons. The van der Waals surface area contributed by atoms with Crippen LogP contribution in [0.25, 0.3) is 5.76 Å². The molecule has 0 radical (unpaired) electrons. The highest BCUT2D eigenvalue weighted by atomic mass is 35.5. The molecule has 2 heterocycles. The molecule has 0 saturated carbocycles. The monoisotopic (exact) mass is 465 g/mol. The van der Waals surface area contributed by atoms with Crippen molar-refractivity contribution >= 4 is 29.1 Å². The molecular formula is C26H24ClNO5. The summed E-state index contributed by atoms with van der Waals surface area (Å²) in [6.45, 7) is 4.27. The maximum atomic E-state index is 13.1. The molecule has 4 rings (SSSR count). The highest BCUT2D eigenvalue weighted by Gasteiger charge is 2.46. The summed E-state index contributed by atoms with van der Waals surface area (Å²) in [6, 6.07) is 15.1. The van der Waals surface area contributed by atoms with Gasteiger partial charge in [0.15, 0.2) is 0 Å². The van der Waals surface area contributed by atoms with Crippen LogP contribution in [0, 0.1) is 0 Å². The van der Waals surface area contributed by atoms with Crippen LogP contribution in [0.4, 0.5) is 0 Å². The number of hydrogen-bond acceptors (Lipinski definition) is 5. The van der Waals surface area contributed by atoms with Gasteiger partial charge in [-0.05, 0) is 47.4 Å². The average Bonchev–Trinajstić information content (AvgIpc) is 3.41. The van der Waals surface area contributed by atoms with Crippen LogP contribution >= 0.6 is 11.6 Å². The third-order valence-electron chi connectivity index (χ3n) is 5.79. The number of ether oxygens (including phenoxy) is 1. The van der Waals surface area contributed by atoms with Crippen LogP contribution in [0.5, 0.6) is 5.75 Å². The maximum Gasteiger partial charge on any atom is 0.296 e. The molecular weight excluding hydrogens is 442 g/mol. The van der Waals surface area contributed by atoms with Gasteiger partial charge >= 0.3 is 0 Å². The Balaban J connectivity index is 1.85. The summed E-state index contributed by atoms with van der Waals surface area (Å²) in [6.07, 6.45) is 1.51. The van der Waals surface area contributed by atoms with Crippen molar-refractivity contribution in [2.24, 2.45) is 0 Å². The fourth-order valence-electron chi connectivity index (χ4n) is 3.99. The number of likely N-dealkylation sites (tertiary alicyclic amines) is 1. The van der Waals surface area contributed by atoms with Crippen LogP contribution in [-0.4, -0.2) is 28.8 Å². The number of ketones is 1. The van der Waals surface area contributed by atoms with E-state index >= 15 is 0 Å². The predicted octanol–water partition coefficient (Wildman–Crippen LogP) is 5.69. The Kier molecular flexibility index (Phi) is 6.29. The number of rotatable bonds is 6. The molecule has 1 unspecified atom stereocenters. The molecule has 1 fully saturated rings. The minimum atomic E-state index is -0.780. The first kappa shape index (κ1) is 22.7. The Morgan fingerprint density at radius 3 is 2.45 bits per heavy atom. The van der Waals surface area contributed by atoms with Crippen LogP contribution < -0.4 is 4.74 Å². The number of Topliss-reactive ketones (excluding diaryl/α,β-unsaturated/α-hetero) is 1. The zero-order chi connectivity index (χ0) is 23.7. The van der Waals surface area contributed by atoms with Crippen LogP contribution in [0.3, 0.4) is 0 Å². The fraction of sp³-hybridized carbons (Fsp3) is 0.231. The van der Waals surface area contributed by atoms with E-state index in [1.807, 2.05) is 24.3 Å². The number of benzene rings is 2. The smallest absolute Gasteiger partial charge is 0.296 e. The number of amides is 1. The third kappa shape index (κ3) is 4.26. The molecule has 2 aromatic carbocycles. The van der Waals surface area contributed by atoms with E-state index in [-0.39, 0.29) is 22.9 Å². The van der Waals surface area contributed by atoms with E-state index in [4.69, 9.17) is 20.8 Å². The second kappa shape index (κ2) is 9.16. The Labute approximate surface area is 197 Å². The molecule has 0 spiro atoms. The standard InChI is InChI=1S/C26H24ClNO5/c1-15(2)16-6-8-17(9-7-16)23-22(24(29)18-10-11-21(32-3)20(27)13-18)25(30)26(31)28(23)14-19-5-4-12-33-19/h4-13,15,23,29H,14H2,1-3H3/b24-22-. The molecule has 7 heteroatoms. The summed E-state index contributed by atoms with van der Waals surface area (Å²) in [5, 5.41) is 11.5. The zero-order valence-corrected chi connectivity index (χ0v) is 19.3.